The highest BCUT2D eigenvalue weighted by molar-refractivity contribution is 7.91. The normalized spacial score (nSPS) is 13.1. The van der Waals surface area contributed by atoms with E-state index < -0.39 is 9.84 Å². The lowest BCUT2D eigenvalue weighted by molar-refractivity contribution is 0.591. The van der Waals surface area contributed by atoms with Crippen molar-refractivity contribution < 1.29 is 8.42 Å². The fourth-order valence-corrected chi connectivity index (χ4v) is 5.53. The van der Waals surface area contributed by atoms with Crippen molar-refractivity contribution in [3.8, 4) is 0 Å². The average molecular weight is 424 g/mol. The molecule has 0 bridgehead atoms. The van der Waals surface area contributed by atoms with Crippen LogP contribution in [0.2, 0.25) is 0 Å². The van der Waals surface area contributed by atoms with E-state index in [0.29, 0.717) is 16.9 Å². The number of benzene rings is 2. The molecule has 0 aliphatic carbocycles. The van der Waals surface area contributed by atoms with Crippen molar-refractivity contribution in [3.63, 3.8) is 0 Å². The van der Waals surface area contributed by atoms with E-state index in [9.17, 15) is 8.42 Å². The van der Waals surface area contributed by atoms with Gasteiger partial charge in [0, 0.05) is 11.4 Å². The molecule has 0 aliphatic rings. The standard InChI is InChI=1S/C22H25N5O2S/c1-6-16(5)23-20-17-9-7-8-10-18(17)27-21(24-20)22(25-26-27)30(28,29)19-14(3)11-13(2)12-15(19)4/h7-12,16H,6H2,1-5H3,(H,23,24). The topological polar surface area (TPSA) is 89.2 Å². The molecule has 1 unspecified atom stereocenters. The summed E-state index contributed by atoms with van der Waals surface area (Å²) in [6.07, 6.45) is 0.908. The van der Waals surface area contributed by atoms with Crippen LogP contribution in [0.4, 0.5) is 5.82 Å². The molecule has 4 aromatic rings. The van der Waals surface area contributed by atoms with Gasteiger partial charge in [0.25, 0.3) is 0 Å². The summed E-state index contributed by atoms with van der Waals surface area (Å²) >= 11 is 0. The molecule has 8 heteroatoms. The Balaban J connectivity index is 2.02. The van der Waals surface area contributed by atoms with Crippen molar-refractivity contribution in [1.82, 2.24) is 19.8 Å². The Kier molecular flexibility index (Phi) is 4.97. The molecule has 0 fully saturated rings. The van der Waals surface area contributed by atoms with Crippen LogP contribution in [-0.2, 0) is 9.84 Å². The van der Waals surface area contributed by atoms with E-state index in [1.807, 2.05) is 43.3 Å². The monoisotopic (exact) mass is 423 g/mol. The van der Waals surface area contributed by atoms with Crippen LogP contribution in [0.25, 0.3) is 16.6 Å². The quantitative estimate of drug-likeness (QED) is 0.516. The Labute approximate surface area is 176 Å². The highest BCUT2D eigenvalue weighted by Gasteiger charge is 2.30. The molecule has 0 amide bonds. The minimum atomic E-state index is -3.90. The smallest absolute Gasteiger partial charge is 0.230 e. The van der Waals surface area contributed by atoms with Crippen molar-refractivity contribution in [2.45, 2.75) is 57.0 Å². The van der Waals surface area contributed by atoms with Crippen LogP contribution in [0.1, 0.15) is 37.0 Å². The first-order valence-electron chi connectivity index (χ1n) is 9.97. The number of para-hydroxylation sites is 1. The Morgan fingerprint density at radius 2 is 1.77 bits per heavy atom. The van der Waals surface area contributed by atoms with Crippen molar-refractivity contribution in [2.24, 2.45) is 0 Å². The summed E-state index contributed by atoms with van der Waals surface area (Å²) in [6, 6.07) is 11.6. The molecule has 156 valence electrons. The van der Waals surface area contributed by atoms with Crippen molar-refractivity contribution in [1.29, 1.82) is 0 Å². The molecule has 0 spiro atoms. The predicted molar refractivity (Wildman–Crippen MR) is 118 cm³/mol. The first-order chi connectivity index (χ1) is 14.2. The number of hydrogen-bond donors (Lipinski definition) is 1. The average Bonchev–Trinajstić information content (AvgIpc) is 3.12. The Hall–Kier alpha value is -3.00. The van der Waals surface area contributed by atoms with Crippen LogP contribution in [-0.4, -0.2) is 34.3 Å². The predicted octanol–water partition coefficient (Wildman–Crippen LogP) is 4.25. The van der Waals surface area contributed by atoms with E-state index >= 15 is 0 Å². The summed E-state index contributed by atoms with van der Waals surface area (Å²) in [5, 5.41) is 12.4. The Bertz CT molecular complexity index is 1350. The van der Waals surface area contributed by atoms with Gasteiger partial charge in [-0.05, 0) is 57.4 Å². The van der Waals surface area contributed by atoms with Crippen LogP contribution < -0.4 is 5.32 Å². The van der Waals surface area contributed by atoms with E-state index in [1.54, 1.807) is 13.8 Å². The summed E-state index contributed by atoms with van der Waals surface area (Å²) in [5.41, 5.74) is 3.36. The summed E-state index contributed by atoms with van der Waals surface area (Å²) < 4.78 is 28.7. The molecule has 0 radical (unpaired) electrons. The minimum absolute atomic E-state index is 0.129. The zero-order valence-corrected chi connectivity index (χ0v) is 18.6. The molecule has 30 heavy (non-hydrogen) atoms. The van der Waals surface area contributed by atoms with E-state index in [0.717, 1.165) is 22.9 Å². The second-order valence-electron chi connectivity index (χ2n) is 7.79. The van der Waals surface area contributed by atoms with Gasteiger partial charge in [-0.2, -0.15) is 4.52 Å². The summed E-state index contributed by atoms with van der Waals surface area (Å²) in [5.74, 6) is 0.628. The van der Waals surface area contributed by atoms with E-state index in [-0.39, 0.29) is 21.6 Å². The molecule has 2 aromatic heterocycles. The third kappa shape index (κ3) is 3.21. The number of anilines is 1. The first-order valence-corrected chi connectivity index (χ1v) is 11.5. The van der Waals surface area contributed by atoms with Gasteiger partial charge in [-0.25, -0.2) is 13.4 Å². The number of aromatic nitrogens is 4. The van der Waals surface area contributed by atoms with E-state index in [4.69, 9.17) is 0 Å². The fraction of sp³-hybridized carbons (Fsp3) is 0.318. The van der Waals surface area contributed by atoms with E-state index in [1.165, 1.54) is 4.52 Å². The largest absolute Gasteiger partial charge is 0.367 e. The van der Waals surface area contributed by atoms with Gasteiger partial charge in [0.15, 0.2) is 5.65 Å². The van der Waals surface area contributed by atoms with Gasteiger partial charge in [-0.15, -0.1) is 5.10 Å². The molecule has 7 nitrogen and oxygen atoms in total. The maximum atomic E-state index is 13.6. The second-order valence-corrected chi connectivity index (χ2v) is 9.59. The number of rotatable bonds is 5. The highest BCUT2D eigenvalue weighted by Crippen LogP contribution is 2.31. The zero-order chi connectivity index (χ0) is 21.6. The third-order valence-electron chi connectivity index (χ3n) is 5.35. The maximum absolute atomic E-state index is 13.6. The SMILES string of the molecule is CCC(C)Nc1nc2c(S(=O)(=O)c3c(C)cc(C)cc3C)nnn2c2ccccc12. The van der Waals surface area contributed by atoms with Crippen molar-refractivity contribution >= 4 is 32.2 Å². The van der Waals surface area contributed by atoms with Gasteiger partial charge in [-0.1, -0.05) is 42.0 Å². The molecule has 1 N–H and O–H groups in total. The number of hydrogen-bond acceptors (Lipinski definition) is 6. The Morgan fingerprint density at radius 1 is 1.10 bits per heavy atom. The van der Waals surface area contributed by atoms with Crippen LogP contribution in [0.5, 0.6) is 0 Å². The fourth-order valence-electron chi connectivity index (χ4n) is 3.85. The molecule has 0 saturated heterocycles. The van der Waals surface area contributed by atoms with Gasteiger partial charge < -0.3 is 5.32 Å². The lowest BCUT2D eigenvalue weighted by Gasteiger charge is -2.15. The van der Waals surface area contributed by atoms with E-state index in [2.05, 4.69) is 34.5 Å². The lowest BCUT2D eigenvalue weighted by atomic mass is 10.1. The van der Waals surface area contributed by atoms with Crippen LogP contribution >= 0.6 is 0 Å². The number of nitrogens with zero attached hydrogens (tertiary/aromatic N) is 4. The second kappa shape index (κ2) is 7.36. The third-order valence-corrected chi connectivity index (χ3v) is 7.30. The molecule has 0 saturated carbocycles. The molecule has 2 heterocycles. The Morgan fingerprint density at radius 3 is 2.43 bits per heavy atom. The number of nitrogens with one attached hydrogen (secondary N) is 1. The summed E-state index contributed by atoms with van der Waals surface area (Å²) in [6.45, 7) is 9.70. The van der Waals surface area contributed by atoms with Crippen LogP contribution in [0.3, 0.4) is 0 Å². The molecule has 1 atom stereocenters. The molecule has 0 aliphatic heterocycles. The summed E-state index contributed by atoms with van der Waals surface area (Å²) in [4.78, 5) is 4.93. The number of sulfone groups is 1. The zero-order valence-electron chi connectivity index (χ0n) is 17.8. The van der Waals surface area contributed by atoms with Crippen LogP contribution in [0.15, 0.2) is 46.3 Å². The van der Waals surface area contributed by atoms with Crippen molar-refractivity contribution in [3.05, 3.63) is 53.1 Å². The van der Waals surface area contributed by atoms with Gasteiger partial charge in [0.05, 0.1) is 10.4 Å². The first kappa shape index (κ1) is 20.3. The number of fused-ring (bicyclic) bond motifs is 3. The van der Waals surface area contributed by atoms with Gasteiger partial charge in [0.1, 0.15) is 5.82 Å². The summed E-state index contributed by atoms with van der Waals surface area (Å²) in [7, 11) is -3.90. The molecule has 4 rings (SSSR count). The number of aryl methyl sites for hydroxylation is 3. The lowest BCUT2D eigenvalue weighted by Crippen LogP contribution is -2.16. The van der Waals surface area contributed by atoms with Gasteiger partial charge in [0.2, 0.25) is 14.9 Å². The van der Waals surface area contributed by atoms with Gasteiger partial charge in [-0.3, -0.25) is 0 Å². The maximum Gasteiger partial charge on any atom is 0.230 e. The van der Waals surface area contributed by atoms with Crippen LogP contribution in [0, 0.1) is 20.8 Å². The van der Waals surface area contributed by atoms with Gasteiger partial charge >= 0.3 is 0 Å². The van der Waals surface area contributed by atoms with Crippen molar-refractivity contribution in [2.75, 3.05) is 5.32 Å². The highest BCUT2D eigenvalue weighted by atomic mass is 32.2. The molecular formula is C22H25N5O2S. The molecule has 2 aromatic carbocycles. The molecular weight excluding hydrogens is 398 g/mol. The minimum Gasteiger partial charge on any atom is -0.367 e.